The molecule has 2 aromatic carbocycles. The summed E-state index contributed by atoms with van der Waals surface area (Å²) >= 11 is 1.63. The van der Waals surface area contributed by atoms with Crippen LogP contribution in [-0.2, 0) is 4.79 Å². The van der Waals surface area contributed by atoms with Crippen LogP contribution in [0.3, 0.4) is 0 Å². The lowest BCUT2D eigenvalue weighted by atomic mass is 10.0. The van der Waals surface area contributed by atoms with Gasteiger partial charge in [-0.15, -0.1) is 11.3 Å². The third kappa shape index (κ3) is 2.45. The predicted molar refractivity (Wildman–Crippen MR) is 85.7 cm³/mol. The van der Waals surface area contributed by atoms with Gasteiger partial charge in [0.25, 0.3) is 5.91 Å². The summed E-state index contributed by atoms with van der Waals surface area (Å²) in [5, 5.41) is 5.44. The Kier molecular flexibility index (Phi) is 3.54. The molecule has 3 aromatic rings. The van der Waals surface area contributed by atoms with Crippen LogP contribution in [-0.4, -0.2) is 18.7 Å². The van der Waals surface area contributed by atoms with Gasteiger partial charge in [0.1, 0.15) is 0 Å². The average molecular weight is 295 g/mol. The highest BCUT2D eigenvalue weighted by Gasteiger charge is 2.16. The minimum Gasteiger partial charge on any atom is -0.352 e. The van der Waals surface area contributed by atoms with Gasteiger partial charge >= 0.3 is 0 Å². The van der Waals surface area contributed by atoms with Crippen molar-refractivity contribution in [1.82, 2.24) is 5.32 Å². The first-order valence-electron chi connectivity index (χ1n) is 6.54. The third-order valence-electron chi connectivity index (χ3n) is 3.35. The van der Waals surface area contributed by atoms with Crippen molar-refractivity contribution in [3.8, 4) is 11.1 Å². The minimum absolute atomic E-state index is 0.414. The second-order valence-corrected chi connectivity index (χ2v) is 5.55. The van der Waals surface area contributed by atoms with Crippen LogP contribution in [0.5, 0.6) is 0 Å². The normalized spacial score (nSPS) is 10.5. The summed E-state index contributed by atoms with van der Waals surface area (Å²) < 4.78 is 1.10. The Morgan fingerprint density at radius 3 is 2.52 bits per heavy atom. The number of carbonyl (C=O) groups excluding carboxylic acids is 2. The van der Waals surface area contributed by atoms with Crippen molar-refractivity contribution in [2.24, 2.45) is 0 Å². The molecule has 0 aliphatic heterocycles. The van der Waals surface area contributed by atoms with Gasteiger partial charge in [0.15, 0.2) is 0 Å². The van der Waals surface area contributed by atoms with E-state index in [-0.39, 0.29) is 0 Å². The summed E-state index contributed by atoms with van der Waals surface area (Å²) in [7, 11) is 1.46. The van der Waals surface area contributed by atoms with Crippen LogP contribution in [0.25, 0.3) is 21.2 Å². The molecule has 3 nitrogen and oxygen atoms in total. The van der Waals surface area contributed by atoms with Crippen molar-refractivity contribution in [2.45, 2.75) is 0 Å². The molecule has 0 saturated carbocycles. The van der Waals surface area contributed by atoms with Crippen LogP contribution in [0.15, 0.2) is 53.9 Å². The van der Waals surface area contributed by atoms with Gasteiger partial charge in [-0.25, -0.2) is 0 Å². The monoisotopic (exact) mass is 295 g/mol. The molecule has 0 radical (unpaired) electrons. The first kappa shape index (κ1) is 13.5. The molecule has 0 atom stereocenters. The van der Waals surface area contributed by atoms with Gasteiger partial charge in [-0.2, -0.15) is 0 Å². The fourth-order valence-corrected chi connectivity index (χ4v) is 3.21. The summed E-state index contributed by atoms with van der Waals surface area (Å²) in [4.78, 5) is 23.5. The number of carbonyl (C=O) groups is 2. The van der Waals surface area contributed by atoms with E-state index in [1.54, 1.807) is 23.5 Å². The van der Waals surface area contributed by atoms with Crippen LogP contribution in [0.2, 0.25) is 0 Å². The zero-order valence-corrected chi connectivity index (χ0v) is 12.2. The third-order valence-corrected chi connectivity index (χ3v) is 4.32. The molecule has 0 bridgehead atoms. The van der Waals surface area contributed by atoms with Crippen molar-refractivity contribution < 1.29 is 9.59 Å². The quantitative estimate of drug-likeness (QED) is 0.594. The second-order valence-electron chi connectivity index (χ2n) is 4.63. The Labute approximate surface area is 126 Å². The Morgan fingerprint density at radius 1 is 1.05 bits per heavy atom. The van der Waals surface area contributed by atoms with E-state index >= 15 is 0 Å². The molecule has 1 N–H and O–H groups in total. The summed E-state index contributed by atoms with van der Waals surface area (Å²) in [5.41, 5.74) is 2.60. The number of ketones is 1. The summed E-state index contributed by atoms with van der Waals surface area (Å²) in [5.74, 6) is -1.10. The molecule has 0 saturated heterocycles. The molecule has 0 unspecified atom stereocenters. The fraction of sp³-hybridized carbons (Fsp3) is 0.0588. The number of fused-ring (bicyclic) bond motifs is 1. The van der Waals surface area contributed by atoms with Crippen LogP contribution in [0.4, 0.5) is 0 Å². The van der Waals surface area contributed by atoms with Crippen LogP contribution in [0, 0.1) is 0 Å². The smallest absolute Gasteiger partial charge is 0.292 e. The van der Waals surface area contributed by atoms with Crippen molar-refractivity contribution in [3.05, 3.63) is 59.5 Å². The van der Waals surface area contributed by atoms with Gasteiger partial charge in [0.2, 0.25) is 5.78 Å². The van der Waals surface area contributed by atoms with Crippen molar-refractivity contribution in [3.63, 3.8) is 0 Å². The molecule has 0 aliphatic rings. The Balaban J connectivity index is 2.13. The highest BCUT2D eigenvalue weighted by Crippen LogP contribution is 2.34. The van der Waals surface area contributed by atoms with E-state index in [1.807, 2.05) is 36.4 Å². The summed E-state index contributed by atoms with van der Waals surface area (Å²) in [6.07, 6.45) is 0. The van der Waals surface area contributed by atoms with Gasteiger partial charge < -0.3 is 5.32 Å². The van der Waals surface area contributed by atoms with Crippen LogP contribution < -0.4 is 5.32 Å². The Morgan fingerprint density at radius 2 is 1.81 bits per heavy atom. The zero-order chi connectivity index (χ0) is 14.8. The van der Waals surface area contributed by atoms with Gasteiger partial charge in [-0.1, -0.05) is 30.3 Å². The number of rotatable bonds is 3. The van der Waals surface area contributed by atoms with Gasteiger partial charge in [-0.05, 0) is 29.1 Å². The molecule has 4 heteroatoms. The highest BCUT2D eigenvalue weighted by atomic mass is 32.1. The Hall–Kier alpha value is -2.46. The summed E-state index contributed by atoms with van der Waals surface area (Å²) in [6, 6.07) is 15.4. The lowest BCUT2D eigenvalue weighted by Crippen LogP contribution is -2.27. The Bertz CT molecular complexity index is 821. The molecule has 1 heterocycles. The summed E-state index contributed by atoms with van der Waals surface area (Å²) in [6.45, 7) is 0. The van der Waals surface area contributed by atoms with E-state index in [0.717, 1.165) is 21.2 Å². The number of hydrogen-bond acceptors (Lipinski definition) is 3. The molecule has 1 aromatic heterocycles. The average Bonchev–Trinajstić information content (AvgIpc) is 2.97. The molecule has 1 amide bonds. The second kappa shape index (κ2) is 5.50. The standard InChI is InChI=1S/C17H13NO2S/c1-18-17(20)16(19)12-7-8-15-13(9-12)14(10-21-15)11-5-3-2-4-6-11/h2-10H,1H3,(H,18,20). The maximum atomic E-state index is 12.0. The minimum atomic E-state index is -0.592. The molecule has 3 rings (SSSR count). The predicted octanol–water partition coefficient (Wildman–Crippen LogP) is 3.50. The topological polar surface area (TPSA) is 46.2 Å². The molecule has 0 aliphatic carbocycles. The molecule has 0 fully saturated rings. The van der Waals surface area contributed by atoms with Crippen molar-refractivity contribution in [2.75, 3.05) is 7.05 Å². The molecule has 104 valence electrons. The maximum absolute atomic E-state index is 12.0. The van der Waals surface area contributed by atoms with Gasteiger partial charge in [0.05, 0.1) is 0 Å². The number of benzene rings is 2. The SMILES string of the molecule is CNC(=O)C(=O)c1ccc2scc(-c3ccccc3)c2c1. The van der Waals surface area contributed by atoms with Crippen molar-refractivity contribution >= 4 is 33.1 Å². The lowest BCUT2D eigenvalue weighted by molar-refractivity contribution is -0.116. The number of amides is 1. The molecular formula is C17H13NO2S. The van der Waals surface area contributed by atoms with Crippen LogP contribution in [0.1, 0.15) is 10.4 Å². The van der Waals surface area contributed by atoms with E-state index in [0.29, 0.717) is 5.56 Å². The van der Waals surface area contributed by atoms with E-state index < -0.39 is 11.7 Å². The fourth-order valence-electron chi connectivity index (χ4n) is 2.26. The molecule has 0 spiro atoms. The van der Waals surface area contributed by atoms with Crippen molar-refractivity contribution in [1.29, 1.82) is 0 Å². The number of nitrogens with one attached hydrogen (secondary N) is 1. The highest BCUT2D eigenvalue weighted by molar-refractivity contribution is 7.17. The van der Waals surface area contributed by atoms with E-state index in [1.165, 1.54) is 7.05 Å². The first-order chi connectivity index (χ1) is 10.2. The number of thiophene rings is 1. The van der Waals surface area contributed by atoms with Gasteiger partial charge in [0, 0.05) is 28.3 Å². The number of likely N-dealkylation sites (N-methyl/N-ethyl adjacent to an activating group) is 1. The molecule has 21 heavy (non-hydrogen) atoms. The number of Topliss-reactive ketones (excluding diaryl/α,β-unsaturated/α-hetero) is 1. The van der Waals surface area contributed by atoms with E-state index in [2.05, 4.69) is 10.7 Å². The van der Waals surface area contributed by atoms with Gasteiger partial charge in [-0.3, -0.25) is 9.59 Å². The number of hydrogen-bond donors (Lipinski definition) is 1. The zero-order valence-electron chi connectivity index (χ0n) is 11.4. The lowest BCUT2D eigenvalue weighted by Gasteiger charge is -2.02. The van der Waals surface area contributed by atoms with E-state index in [4.69, 9.17) is 0 Å². The maximum Gasteiger partial charge on any atom is 0.292 e. The van der Waals surface area contributed by atoms with E-state index in [9.17, 15) is 9.59 Å². The molecular weight excluding hydrogens is 282 g/mol. The van der Waals surface area contributed by atoms with Crippen LogP contribution >= 0.6 is 11.3 Å². The first-order valence-corrected chi connectivity index (χ1v) is 7.42. The largest absolute Gasteiger partial charge is 0.352 e.